The normalized spacial score (nSPS) is 12.7. The largest absolute Gasteiger partial charge is 0.444 e. The fraction of sp³-hybridized carbons (Fsp3) is 0.412. The van der Waals surface area contributed by atoms with Crippen LogP contribution in [0.4, 0.5) is 4.79 Å². The third-order valence-corrected chi connectivity index (χ3v) is 4.17. The SMILES string of the molecule is Cc1ncsc1-c1ccc(C(CO)NC(=O)OC(C)(C)C)cc1. The van der Waals surface area contributed by atoms with Crippen LogP contribution in [-0.4, -0.2) is 28.4 Å². The molecule has 0 bridgehead atoms. The van der Waals surface area contributed by atoms with Gasteiger partial charge in [-0.1, -0.05) is 24.3 Å². The molecule has 0 fully saturated rings. The van der Waals surface area contributed by atoms with Gasteiger partial charge in [0.2, 0.25) is 0 Å². The molecule has 1 unspecified atom stereocenters. The Bertz CT molecular complexity index is 659. The number of rotatable bonds is 4. The zero-order valence-corrected chi connectivity index (χ0v) is 14.6. The van der Waals surface area contributed by atoms with E-state index in [9.17, 15) is 9.90 Å². The molecule has 1 aromatic carbocycles. The van der Waals surface area contributed by atoms with Crippen molar-refractivity contribution in [1.29, 1.82) is 0 Å². The molecule has 5 nitrogen and oxygen atoms in total. The van der Waals surface area contributed by atoms with Crippen molar-refractivity contribution in [2.24, 2.45) is 0 Å². The summed E-state index contributed by atoms with van der Waals surface area (Å²) in [6, 6.07) is 7.23. The molecule has 0 aliphatic heterocycles. The quantitative estimate of drug-likeness (QED) is 0.895. The van der Waals surface area contributed by atoms with Crippen LogP contribution in [0.1, 0.15) is 38.1 Å². The third-order valence-electron chi connectivity index (χ3n) is 3.19. The highest BCUT2D eigenvalue weighted by Gasteiger charge is 2.20. The first-order valence-corrected chi connectivity index (χ1v) is 8.29. The standard InChI is InChI=1S/C17H22N2O3S/c1-11-15(23-10-18-11)13-7-5-12(6-8-13)14(9-20)19-16(21)22-17(2,3)4/h5-8,10,14,20H,9H2,1-4H3,(H,19,21). The van der Waals surface area contributed by atoms with E-state index in [1.54, 1.807) is 32.1 Å². The highest BCUT2D eigenvalue weighted by atomic mass is 32.1. The Labute approximate surface area is 140 Å². The summed E-state index contributed by atoms with van der Waals surface area (Å²) in [4.78, 5) is 17.2. The number of nitrogens with one attached hydrogen (secondary N) is 1. The van der Waals surface area contributed by atoms with Crippen molar-refractivity contribution < 1.29 is 14.6 Å². The van der Waals surface area contributed by atoms with E-state index >= 15 is 0 Å². The zero-order valence-electron chi connectivity index (χ0n) is 13.8. The van der Waals surface area contributed by atoms with Gasteiger partial charge in [-0.25, -0.2) is 9.78 Å². The Morgan fingerprint density at radius 1 is 1.35 bits per heavy atom. The number of thiazole rings is 1. The number of carbonyl (C=O) groups excluding carboxylic acids is 1. The molecule has 0 saturated heterocycles. The van der Waals surface area contributed by atoms with Crippen LogP contribution in [0, 0.1) is 6.92 Å². The van der Waals surface area contributed by atoms with Crippen molar-refractivity contribution in [3.05, 3.63) is 41.0 Å². The van der Waals surface area contributed by atoms with Crippen molar-refractivity contribution in [3.8, 4) is 10.4 Å². The predicted molar refractivity (Wildman–Crippen MR) is 91.5 cm³/mol. The van der Waals surface area contributed by atoms with Gasteiger partial charge in [-0.05, 0) is 38.8 Å². The number of aryl methyl sites for hydroxylation is 1. The molecule has 6 heteroatoms. The Morgan fingerprint density at radius 2 is 2.00 bits per heavy atom. The monoisotopic (exact) mass is 334 g/mol. The van der Waals surface area contributed by atoms with Crippen LogP contribution in [-0.2, 0) is 4.74 Å². The lowest BCUT2D eigenvalue weighted by Gasteiger charge is -2.23. The number of alkyl carbamates (subject to hydrolysis) is 1. The average molecular weight is 334 g/mol. The second-order valence-electron chi connectivity index (χ2n) is 6.27. The number of ether oxygens (including phenoxy) is 1. The molecule has 23 heavy (non-hydrogen) atoms. The molecule has 0 spiro atoms. The molecule has 0 aliphatic rings. The van der Waals surface area contributed by atoms with Crippen LogP contribution in [0.5, 0.6) is 0 Å². The Balaban J connectivity index is 2.10. The summed E-state index contributed by atoms with van der Waals surface area (Å²) in [5, 5.41) is 12.2. The lowest BCUT2D eigenvalue weighted by atomic mass is 10.0. The predicted octanol–water partition coefficient (Wildman–Crippen LogP) is 3.68. The molecule has 1 aromatic heterocycles. The first kappa shape index (κ1) is 17.4. The van der Waals surface area contributed by atoms with E-state index in [1.165, 1.54) is 0 Å². The lowest BCUT2D eigenvalue weighted by molar-refractivity contribution is 0.0482. The number of aliphatic hydroxyl groups excluding tert-OH is 1. The van der Waals surface area contributed by atoms with Crippen LogP contribution in [0.25, 0.3) is 10.4 Å². The van der Waals surface area contributed by atoms with Gasteiger partial charge in [0.25, 0.3) is 0 Å². The number of aliphatic hydroxyl groups is 1. The number of nitrogens with zero attached hydrogens (tertiary/aromatic N) is 1. The van der Waals surface area contributed by atoms with Gasteiger partial charge in [0.15, 0.2) is 0 Å². The minimum absolute atomic E-state index is 0.196. The summed E-state index contributed by atoms with van der Waals surface area (Å²) < 4.78 is 5.22. The van der Waals surface area contributed by atoms with Gasteiger partial charge in [-0.2, -0.15) is 0 Å². The molecular weight excluding hydrogens is 312 g/mol. The number of amides is 1. The molecule has 0 aliphatic carbocycles. The molecule has 2 N–H and O–H groups in total. The zero-order chi connectivity index (χ0) is 17.0. The smallest absolute Gasteiger partial charge is 0.408 e. The summed E-state index contributed by atoms with van der Waals surface area (Å²) in [7, 11) is 0. The number of hydrogen-bond donors (Lipinski definition) is 2. The maximum absolute atomic E-state index is 11.8. The minimum Gasteiger partial charge on any atom is -0.444 e. The molecule has 124 valence electrons. The maximum Gasteiger partial charge on any atom is 0.408 e. The number of hydrogen-bond acceptors (Lipinski definition) is 5. The van der Waals surface area contributed by atoms with Gasteiger partial charge in [0.1, 0.15) is 5.60 Å². The first-order chi connectivity index (χ1) is 10.8. The first-order valence-electron chi connectivity index (χ1n) is 7.41. The van der Waals surface area contributed by atoms with Gasteiger partial charge >= 0.3 is 6.09 Å². The van der Waals surface area contributed by atoms with Gasteiger partial charge in [-0.3, -0.25) is 0 Å². The maximum atomic E-state index is 11.8. The summed E-state index contributed by atoms with van der Waals surface area (Å²) in [6.07, 6.45) is -0.543. The number of carbonyl (C=O) groups is 1. The van der Waals surface area contributed by atoms with E-state index in [2.05, 4.69) is 10.3 Å². The number of aromatic nitrogens is 1. The molecule has 0 saturated carbocycles. The summed E-state index contributed by atoms with van der Waals surface area (Å²) in [5.41, 5.74) is 4.14. The van der Waals surface area contributed by atoms with E-state index in [0.717, 1.165) is 21.7 Å². The second kappa shape index (κ2) is 7.10. The molecule has 0 radical (unpaired) electrons. The van der Waals surface area contributed by atoms with Crippen LogP contribution in [0.3, 0.4) is 0 Å². The molecule has 2 rings (SSSR count). The molecule has 1 atom stereocenters. The van der Waals surface area contributed by atoms with Crippen molar-refractivity contribution in [3.63, 3.8) is 0 Å². The van der Waals surface area contributed by atoms with Crippen molar-refractivity contribution in [1.82, 2.24) is 10.3 Å². The molecule has 1 heterocycles. The molecule has 2 aromatic rings. The van der Waals surface area contributed by atoms with E-state index in [4.69, 9.17) is 4.74 Å². The van der Waals surface area contributed by atoms with Crippen molar-refractivity contribution >= 4 is 17.4 Å². The van der Waals surface area contributed by atoms with E-state index in [0.29, 0.717) is 0 Å². The summed E-state index contributed by atoms with van der Waals surface area (Å²) >= 11 is 1.59. The van der Waals surface area contributed by atoms with Gasteiger partial charge in [-0.15, -0.1) is 11.3 Å². The van der Waals surface area contributed by atoms with Crippen molar-refractivity contribution in [2.75, 3.05) is 6.61 Å². The Morgan fingerprint density at radius 3 is 2.48 bits per heavy atom. The van der Waals surface area contributed by atoms with Crippen molar-refractivity contribution in [2.45, 2.75) is 39.3 Å². The average Bonchev–Trinajstić information content (AvgIpc) is 2.89. The third kappa shape index (κ3) is 4.77. The molecule has 1 amide bonds. The summed E-state index contributed by atoms with van der Waals surface area (Å²) in [5.74, 6) is 0. The fourth-order valence-electron chi connectivity index (χ4n) is 2.13. The Hall–Kier alpha value is -1.92. The summed E-state index contributed by atoms with van der Waals surface area (Å²) in [6.45, 7) is 7.17. The topological polar surface area (TPSA) is 71.5 Å². The van der Waals surface area contributed by atoms with Gasteiger partial charge in [0, 0.05) is 0 Å². The van der Waals surface area contributed by atoms with Crippen LogP contribution < -0.4 is 5.32 Å². The Kier molecular flexibility index (Phi) is 5.38. The minimum atomic E-state index is -0.572. The van der Waals surface area contributed by atoms with Crippen LogP contribution in [0.15, 0.2) is 29.8 Å². The van der Waals surface area contributed by atoms with Crippen LogP contribution >= 0.6 is 11.3 Å². The number of benzene rings is 1. The van der Waals surface area contributed by atoms with Gasteiger partial charge in [0.05, 0.1) is 28.7 Å². The van der Waals surface area contributed by atoms with Gasteiger partial charge < -0.3 is 15.2 Å². The van der Waals surface area contributed by atoms with E-state index in [-0.39, 0.29) is 6.61 Å². The highest BCUT2D eigenvalue weighted by Crippen LogP contribution is 2.28. The lowest BCUT2D eigenvalue weighted by Crippen LogP contribution is -2.36. The fourth-order valence-corrected chi connectivity index (χ4v) is 2.94. The highest BCUT2D eigenvalue weighted by molar-refractivity contribution is 7.13. The van der Waals surface area contributed by atoms with E-state index < -0.39 is 17.7 Å². The second-order valence-corrected chi connectivity index (χ2v) is 7.13. The molecular formula is C17H22N2O3S. The van der Waals surface area contributed by atoms with E-state index in [1.807, 2.05) is 36.7 Å². The van der Waals surface area contributed by atoms with Crippen LogP contribution in [0.2, 0.25) is 0 Å².